The number of nitrogens with zero attached hydrogens (tertiary/aromatic N) is 7. The fourth-order valence-corrected chi connectivity index (χ4v) is 4.27. The van der Waals surface area contributed by atoms with E-state index in [1.807, 2.05) is 17.0 Å². The smallest absolute Gasteiger partial charge is 0.289 e. The van der Waals surface area contributed by atoms with Gasteiger partial charge in [-0.2, -0.15) is 0 Å². The summed E-state index contributed by atoms with van der Waals surface area (Å²) in [5.74, 6) is 1.03. The lowest BCUT2D eigenvalue weighted by atomic mass is 10.0. The number of tetrazole rings is 1. The molecule has 1 amide bonds. The number of methoxy groups -OCH3 is 1. The van der Waals surface area contributed by atoms with E-state index in [1.54, 1.807) is 30.1 Å². The van der Waals surface area contributed by atoms with Gasteiger partial charge in [-0.25, -0.2) is 4.68 Å². The summed E-state index contributed by atoms with van der Waals surface area (Å²) < 4.78 is 12.3. The third-order valence-corrected chi connectivity index (χ3v) is 5.95. The van der Waals surface area contributed by atoms with Crippen LogP contribution < -0.4 is 0 Å². The first-order chi connectivity index (χ1) is 16.2. The molecular formula is C23H25N7O3. The van der Waals surface area contributed by atoms with Crippen LogP contribution in [0.3, 0.4) is 0 Å². The van der Waals surface area contributed by atoms with Gasteiger partial charge in [0.05, 0.1) is 31.0 Å². The molecule has 1 unspecified atom stereocenters. The Hall–Kier alpha value is -3.63. The van der Waals surface area contributed by atoms with Crippen molar-refractivity contribution in [1.82, 2.24) is 35.0 Å². The van der Waals surface area contributed by atoms with Gasteiger partial charge >= 0.3 is 0 Å². The molecule has 0 saturated carbocycles. The van der Waals surface area contributed by atoms with Crippen molar-refractivity contribution in [3.8, 4) is 0 Å². The molecule has 0 N–H and O–H groups in total. The van der Waals surface area contributed by atoms with Crippen LogP contribution >= 0.6 is 0 Å². The Morgan fingerprint density at radius 2 is 2.03 bits per heavy atom. The number of rotatable bonds is 7. The van der Waals surface area contributed by atoms with Crippen LogP contribution in [0.5, 0.6) is 0 Å². The highest BCUT2D eigenvalue weighted by atomic mass is 16.5. The Bertz CT molecular complexity index is 1220. The highest BCUT2D eigenvalue weighted by molar-refractivity contribution is 5.91. The van der Waals surface area contributed by atoms with Crippen molar-refractivity contribution < 1.29 is 13.9 Å². The van der Waals surface area contributed by atoms with Crippen molar-refractivity contribution in [3.05, 3.63) is 72.1 Å². The number of aromatic nitrogens is 5. The van der Waals surface area contributed by atoms with Crippen LogP contribution in [0, 0.1) is 0 Å². The first kappa shape index (κ1) is 21.2. The van der Waals surface area contributed by atoms with E-state index in [0.29, 0.717) is 45.1 Å². The fourth-order valence-electron chi connectivity index (χ4n) is 4.27. The number of amides is 1. The largest absolute Gasteiger partial charge is 0.459 e. The molecule has 0 aliphatic carbocycles. The van der Waals surface area contributed by atoms with Gasteiger partial charge in [0.25, 0.3) is 5.91 Å². The number of fused-ring (bicyclic) bond motifs is 1. The van der Waals surface area contributed by atoms with Crippen LogP contribution in [0.15, 0.2) is 59.3 Å². The van der Waals surface area contributed by atoms with Gasteiger partial charge in [0.1, 0.15) is 0 Å². The molecule has 10 nitrogen and oxygen atoms in total. The number of benzene rings is 1. The molecule has 170 valence electrons. The second-order valence-electron chi connectivity index (χ2n) is 7.92. The Kier molecular flexibility index (Phi) is 6.09. The van der Waals surface area contributed by atoms with Gasteiger partial charge in [0.2, 0.25) is 0 Å². The molecule has 4 heterocycles. The van der Waals surface area contributed by atoms with Crippen molar-refractivity contribution in [2.24, 2.45) is 0 Å². The van der Waals surface area contributed by atoms with E-state index >= 15 is 0 Å². The molecule has 1 saturated heterocycles. The highest BCUT2D eigenvalue weighted by Crippen LogP contribution is 2.30. The highest BCUT2D eigenvalue weighted by Gasteiger charge is 2.32. The SMILES string of the molecule is COCCn1nnnc1C(c1ccc2ncccc2c1)N1CCN(C(=O)c2ccco2)CC1. The number of carbonyl (C=O) groups is 1. The van der Waals surface area contributed by atoms with Gasteiger partial charge < -0.3 is 14.1 Å². The third kappa shape index (κ3) is 4.35. The van der Waals surface area contributed by atoms with Crippen LogP contribution in [-0.2, 0) is 11.3 Å². The average Bonchev–Trinajstić information content (AvgIpc) is 3.56. The van der Waals surface area contributed by atoms with Crippen LogP contribution in [0.25, 0.3) is 10.9 Å². The van der Waals surface area contributed by atoms with E-state index < -0.39 is 0 Å². The Morgan fingerprint density at radius 3 is 2.82 bits per heavy atom. The summed E-state index contributed by atoms with van der Waals surface area (Å²) in [5, 5.41) is 13.6. The number of pyridine rings is 1. The van der Waals surface area contributed by atoms with Crippen molar-refractivity contribution in [2.75, 3.05) is 39.9 Å². The number of hydrogen-bond donors (Lipinski definition) is 0. The second kappa shape index (κ2) is 9.47. The monoisotopic (exact) mass is 447 g/mol. The number of carbonyl (C=O) groups excluding carboxylic acids is 1. The van der Waals surface area contributed by atoms with E-state index in [1.165, 1.54) is 6.26 Å². The molecule has 1 aliphatic heterocycles. The quantitative estimate of drug-likeness (QED) is 0.424. The minimum absolute atomic E-state index is 0.0853. The van der Waals surface area contributed by atoms with Crippen LogP contribution in [0.4, 0.5) is 0 Å². The molecular weight excluding hydrogens is 422 g/mol. The summed E-state index contributed by atoms with van der Waals surface area (Å²) in [7, 11) is 1.66. The molecule has 0 spiro atoms. The van der Waals surface area contributed by atoms with Crippen molar-refractivity contribution in [3.63, 3.8) is 0 Å². The Morgan fingerprint density at radius 1 is 1.15 bits per heavy atom. The van der Waals surface area contributed by atoms with Crippen molar-refractivity contribution in [2.45, 2.75) is 12.6 Å². The molecule has 0 bridgehead atoms. The average molecular weight is 447 g/mol. The number of hydrogen-bond acceptors (Lipinski definition) is 8. The van der Waals surface area contributed by atoms with Gasteiger partial charge in [-0.05, 0) is 46.3 Å². The van der Waals surface area contributed by atoms with Gasteiger partial charge in [0.15, 0.2) is 11.6 Å². The fraction of sp³-hybridized carbons (Fsp3) is 0.348. The maximum atomic E-state index is 12.7. The molecule has 3 aromatic heterocycles. The first-order valence-electron chi connectivity index (χ1n) is 10.9. The maximum Gasteiger partial charge on any atom is 0.289 e. The maximum absolute atomic E-state index is 12.7. The van der Waals surface area contributed by atoms with E-state index in [0.717, 1.165) is 22.3 Å². The topological polar surface area (TPSA) is 102 Å². The van der Waals surface area contributed by atoms with Crippen molar-refractivity contribution >= 4 is 16.8 Å². The molecule has 4 aromatic rings. The van der Waals surface area contributed by atoms with E-state index in [-0.39, 0.29) is 11.9 Å². The predicted molar refractivity (Wildman–Crippen MR) is 119 cm³/mol. The van der Waals surface area contributed by atoms with Gasteiger partial charge in [0, 0.05) is 44.9 Å². The third-order valence-electron chi connectivity index (χ3n) is 5.95. The van der Waals surface area contributed by atoms with Gasteiger partial charge in [-0.15, -0.1) is 5.10 Å². The molecule has 1 atom stereocenters. The lowest BCUT2D eigenvalue weighted by Gasteiger charge is -2.38. The van der Waals surface area contributed by atoms with Crippen molar-refractivity contribution in [1.29, 1.82) is 0 Å². The number of piperazine rings is 1. The summed E-state index contributed by atoms with van der Waals surface area (Å²) in [6.07, 6.45) is 3.31. The zero-order valence-electron chi connectivity index (χ0n) is 18.4. The first-order valence-corrected chi connectivity index (χ1v) is 10.9. The lowest BCUT2D eigenvalue weighted by molar-refractivity contribution is 0.0558. The second-order valence-corrected chi connectivity index (χ2v) is 7.92. The Balaban J connectivity index is 1.44. The molecule has 0 radical (unpaired) electrons. The lowest BCUT2D eigenvalue weighted by Crippen LogP contribution is -2.50. The number of furan rings is 1. The van der Waals surface area contributed by atoms with E-state index in [4.69, 9.17) is 9.15 Å². The molecule has 33 heavy (non-hydrogen) atoms. The standard InChI is InChI=1S/C23H25N7O3/c1-32-15-13-30-22(25-26-27-30)21(18-6-7-19-17(16-18)4-2-8-24-19)28-9-11-29(12-10-28)23(31)20-5-3-14-33-20/h2-8,14,16,21H,9-13,15H2,1H3. The van der Waals surface area contributed by atoms with Gasteiger partial charge in [-0.1, -0.05) is 12.1 Å². The van der Waals surface area contributed by atoms with E-state index in [2.05, 4.69) is 43.6 Å². The normalized spacial score (nSPS) is 15.7. The minimum Gasteiger partial charge on any atom is -0.459 e. The van der Waals surface area contributed by atoms with E-state index in [9.17, 15) is 4.79 Å². The molecule has 10 heteroatoms. The van der Waals surface area contributed by atoms with Crippen LogP contribution in [0.2, 0.25) is 0 Å². The molecule has 1 fully saturated rings. The van der Waals surface area contributed by atoms with Crippen LogP contribution in [-0.4, -0.2) is 80.8 Å². The summed E-state index contributed by atoms with van der Waals surface area (Å²) in [4.78, 5) is 21.3. The predicted octanol–water partition coefficient (Wildman–Crippen LogP) is 2.01. The number of ether oxygens (including phenoxy) is 1. The molecule has 1 aliphatic rings. The zero-order chi connectivity index (χ0) is 22.6. The summed E-state index contributed by atoms with van der Waals surface area (Å²) in [6.45, 7) is 3.60. The zero-order valence-corrected chi connectivity index (χ0v) is 18.4. The Labute approximate surface area is 190 Å². The summed E-state index contributed by atoms with van der Waals surface area (Å²) in [5.41, 5.74) is 2.02. The minimum atomic E-state index is -0.165. The summed E-state index contributed by atoms with van der Waals surface area (Å²) >= 11 is 0. The molecule has 5 rings (SSSR count). The summed E-state index contributed by atoms with van der Waals surface area (Å²) in [6, 6.07) is 13.5. The molecule has 1 aromatic carbocycles. The van der Waals surface area contributed by atoms with Crippen LogP contribution in [0.1, 0.15) is 28.0 Å². The van der Waals surface area contributed by atoms with Gasteiger partial charge in [-0.3, -0.25) is 14.7 Å².